The van der Waals surface area contributed by atoms with Gasteiger partial charge in [0.1, 0.15) is 0 Å². The van der Waals surface area contributed by atoms with Crippen LogP contribution >= 0.6 is 0 Å². The third kappa shape index (κ3) is 2.70. The third-order valence-electron chi connectivity index (χ3n) is 10.6. The van der Waals surface area contributed by atoms with E-state index in [0.717, 1.165) is 19.3 Å². The van der Waals surface area contributed by atoms with Crippen LogP contribution in [0.1, 0.15) is 71.9 Å². The quantitative estimate of drug-likeness (QED) is 0.425. The number of allylic oxidation sites excluding steroid dienone is 11. The molecule has 1 aliphatic heterocycles. The largest absolute Gasteiger partial charge is 0.335 e. The van der Waals surface area contributed by atoms with E-state index in [4.69, 9.17) is 0 Å². The monoisotopic (exact) mass is 461 g/mol. The number of rotatable bonds is 2. The lowest BCUT2D eigenvalue weighted by Gasteiger charge is -2.64. The van der Waals surface area contributed by atoms with Crippen LogP contribution in [0.4, 0.5) is 5.69 Å². The molecular formula is C34H39N. The van der Waals surface area contributed by atoms with Crippen molar-refractivity contribution in [3.63, 3.8) is 0 Å². The van der Waals surface area contributed by atoms with Crippen molar-refractivity contribution >= 4 is 11.3 Å². The van der Waals surface area contributed by atoms with Crippen LogP contribution in [0, 0.1) is 16.7 Å². The van der Waals surface area contributed by atoms with Crippen molar-refractivity contribution in [2.75, 3.05) is 4.90 Å². The summed E-state index contributed by atoms with van der Waals surface area (Å²) in [6.45, 7) is 18.7. The fourth-order valence-electron chi connectivity index (χ4n) is 7.86. The fourth-order valence-corrected chi connectivity index (χ4v) is 7.86. The first-order valence-electron chi connectivity index (χ1n) is 13.3. The number of nitrogens with zero attached hydrogens (tertiary/aromatic N) is 1. The van der Waals surface area contributed by atoms with Gasteiger partial charge in [-0.3, -0.25) is 0 Å². The molecule has 3 unspecified atom stereocenters. The Bertz CT molecular complexity index is 1320. The van der Waals surface area contributed by atoms with E-state index in [1.165, 1.54) is 39.2 Å². The molecule has 180 valence electrons. The Hall–Kier alpha value is -2.80. The lowest BCUT2D eigenvalue weighted by molar-refractivity contribution is 0.0965. The van der Waals surface area contributed by atoms with Gasteiger partial charge in [-0.15, -0.1) is 0 Å². The summed E-state index contributed by atoms with van der Waals surface area (Å²) in [5.41, 5.74) is 10.1. The van der Waals surface area contributed by atoms with E-state index in [-0.39, 0.29) is 21.8 Å². The van der Waals surface area contributed by atoms with Gasteiger partial charge in [-0.05, 0) is 77.5 Å². The van der Waals surface area contributed by atoms with Crippen LogP contribution in [-0.2, 0) is 5.41 Å². The van der Waals surface area contributed by atoms with Crippen LogP contribution in [0.15, 0.2) is 96.3 Å². The minimum atomic E-state index is -0.143. The molecule has 0 amide bonds. The van der Waals surface area contributed by atoms with Crippen molar-refractivity contribution in [2.24, 2.45) is 16.7 Å². The third-order valence-corrected chi connectivity index (χ3v) is 10.6. The van der Waals surface area contributed by atoms with E-state index in [9.17, 15) is 0 Å². The maximum atomic E-state index is 4.05. The van der Waals surface area contributed by atoms with E-state index in [0.29, 0.717) is 5.92 Å². The molecule has 1 nitrogen and oxygen atoms in total. The molecule has 0 N–H and O–H groups in total. The first-order chi connectivity index (χ1) is 16.6. The van der Waals surface area contributed by atoms with Crippen LogP contribution in [-0.4, -0.2) is 5.54 Å². The highest BCUT2D eigenvalue weighted by Crippen LogP contribution is 2.63. The normalized spacial score (nSPS) is 33.4. The van der Waals surface area contributed by atoms with Gasteiger partial charge in [0.2, 0.25) is 0 Å². The highest BCUT2D eigenvalue weighted by atomic mass is 15.2. The second kappa shape index (κ2) is 7.12. The smallest absolute Gasteiger partial charge is 0.0701 e. The topological polar surface area (TPSA) is 3.24 Å². The molecule has 1 heteroatoms. The lowest BCUT2D eigenvalue weighted by atomic mass is 9.49. The van der Waals surface area contributed by atoms with Gasteiger partial charge in [-0.25, -0.2) is 0 Å². The maximum absolute atomic E-state index is 4.05. The van der Waals surface area contributed by atoms with Crippen LogP contribution in [0.2, 0.25) is 0 Å². The van der Waals surface area contributed by atoms with Crippen molar-refractivity contribution in [3.8, 4) is 0 Å². The molecule has 0 spiro atoms. The van der Waals surface area contributed by atoms with Crippen molar-refractivity contribution in [1.29, 1.82) is 0 Å². The summed E-state index contributed by atoms with van der Waals surface area (Å²) in [5.74, 6) is 0.511. The summed E-state index contributed by atoms with van der Waals surface area (Å²) in [5, 5.41) is 0. The van der Waals surface area contributed by atoms with E-state index in [1.807, 2.05) is 6.08 Å². The second-order valence-electron chi connectivity index (χ2n) is 12.6. The Morgan fingerprint density at radius 2 is 1.77 bits per heavy atom. The van der Waals surface area contributed by atoms with Crippen molar-refractivity contribution < 1.29 is 0 Å². The van der Waals surface area contributed by atoms with Gasteiger partial charge in [0.25, 0.3) is 0 Å². The zero-order chi connectivity index (χ0) is 24.8. The summed E-state index contributed by atoms with van der Waals surface area (Å²) in [7, 11) is 0. The van der Waals surface area contributed by atoms with Crippen molar-refractivity contribution in [3.05, 3.63) is 107 Å². The molecule has 0 saturated carbocycles. The zero-order valence-electron chi connectivity index (χ0n) is 22.3. The Labute approximate surface area is 212 Å². The molecule has 6 rings (SSSR count). The first kappa shape index (κ1) is 22.7. The first-order valence-corrected chi connectivity index (χ1v) is 13.3. The summed E-state index contributed by atoms with van der Waals surface area (Å²) in [6.07, 6.45) is 24.2. The average molecular weight is 462 g/mol. The van der Waals surface area contributed by atoms with Gasteiger partial charge < -0.3 is 4.90 Å². The van der Waals surface area contributed by atoms with Crippen LogP contribution in [0.25, 0.3) is 5.57 Å². The summed E-state index contributed by atoms with van der Waals surface area (Å²) < 4.78 is 0. The number of benzene rings is 1. The van der Waals surface area contributed by atoms with Crippen LogP contribution in [0.5, 0.6) is 0 Å². The number of hydrogen-bond donors (Lipinski definition) is 0. The second-order valence-corrected chi connectivity index (χ2v) is 12.6. The molecular weight excluding hydrogens is 422 g/mol. The molecule has 0 saturated heterocycles. The molecule has 1 heterocycles. The van der Waals surface area contributed by atoms with E-state index >= 15 is 0 Å². The highest BCUT2D eigenvalue weighted by Gasteiger charge is 2.60. The summed E-state index contributed by atoms with van der Waals surface area (Å²) in [4.78, 5) is 2.71. The standard InChI is InChI=1S/C34H39N/c1-8-23-15-17-25-26-18-16-24(22-29(26)31(2,3)28(25)21-23)35-30-14-10-9-13-27(30)32(4,5)33(6)19-11-12-20-34(33,35)7/h8-9,11-13,15-20,22,28H,1,10,14,21H2,2-7H3. The Kier molecular flexibility index (Phi) is 4.61. The van der Waals surface area contributed by atoms with E-state index < -0.39 is 0 Å². The van der Waals surface area contributed by atoms with Crippen LogP contribution < -0.4 is 4.90 Å². The molecule has 4 aliphatic carbocycles. The lowest BCUT2D eigenvalue weighted by Crippen LogP contribution is -2.65. The van der Waals surface area contributed by atoms with Gasteiger partial charge in [-0.2, -0.15) is 0 Å². The molecule has 0 radical (unpaired) electrons. The summed E-state index contributed by atoms with van der Waals surface area (Å²) in [6, 6.07) is 7.33. The van der Waals surface area contributed by atoms with E-state index in [2.05, 4.69) is 120 Å². The predicted molar refractivity (Wildman–Crippen MR) is 150 cm³/mol. The molecule has 1 aromatic rings. The average Bonchev–Trinajstić information content (AvgIpc) is 3.07. The van der Waals surface area contributed by atoms with Gasteiger partial charge in [0.15, 0.2) is 0 Å². The number of anilines is 1. The van der Waals surface area contributed by atoms with Crippen LogP contribution in [0.3, 0.4) is 0 Å². The van der Waals surface area contributed by atoms with Crippen molar-refractivity contribution in [2.45, 2.75) is 71.8 Å². The fraction of sp³-hybridized carbons (Fsp3) is 0.412. The molecule has 0 fully saturated rings. The number of hydrogen-bond acceptors (Lipinski definition) is 1. The Morgan fingerprint density at radius 1 is 1.00 bits per heavy atom. The molecule has 0 bridgehead atoms. The van der Waals surface area contributed by atoms with Gasteiger partial charge in [0.05, 0.1) is 5.54 Å². The highest BCUT2D eigenvalue weighted by molar-refractivity contribution is 5.82. The van der Waals surface area contributed by atoms with Crippen molar-refractivity contribution in [1.82, 2.24) is 0 Å². The molecule has 35 heavy (non-hydrogen) atoms. The van der Waals surface area contributed by atoms with Gasteiger partial charge in [-0.1, -0.05) is 102 Å². The maximum Gasteiger partial charge on any atom is 0.0701 e. The minimum absolute atomic E-state index is 0.0360. The SMILES string of the molecule is C=CC1=CC=C2c3ccc(N4C5=C(C=CCC5)C(C)(C)C5(C)C=CC=CC45C)cc3C(C)(C)C2C1. The number of fused-ring (bicyclic) bond motifs is 4. The minimum Gasteiger partial charge on any atom is -0.335 e. The van der Waals surface area contributed by atoms with E-state index in [1.54, 1.807) is 0 Å². The summed E-state index contributed by atoms with van der Waals surface area (Å²) >= 11 is 0. The zero-order valence-corrected chi connectivity index (χ0v) is 22.3. The van der Waals surface area contributed by atoms with Gasteiger partial charge in [0, 0.05) is 22.2 Å². The Balaban J connectivity index is 1.57. The molecule has 5 aliphatic rings. The van der Waals surface area contributed by atoms with Gasteiger partial charge >= 0.3 is 0 Å². The predicted octanol–water partition coefficient (Wildman–Crippen LogP) is 8.83. The molecule has 3 atom stereocenters. The Morgan fingerprint density at radius 3 is 2.54 bits per heavy atom. The molecule has 1 aromatic carbocycles. The molecule has 0 aromatic heterocycles.